The van der Waals surface area contributed by atoms with Crippen molar-refractivity contribution in [3.8, 4) is 5.88 Å². The van der Waals surface area contributed by atoms with Gasteiger partial charge < -0.3 is 29.9 Å². The predicted molar refractivity (Wildman–Crippen MR) is 68.6 cm³/mol. The van der Waals surface area contributed by atoms with Crippen molar-refractivity contribution in [3.63, 3.8) is 0 Å². The van der Waals surface area contributed by atoms with Crippen molar-refractivity contribution >= 4 is 12.2 Å². The molecule has 4 N–H and O–H groups in total. The summed E-state index contributed by atoms with van der Waals surface area (Å²) in [5.74, 6) is 0.302. The van der Waals surface area contributed by atoms with Crippen molar-refractivity contribution in [2.45, 2.75) is 30.6 Å². The van der Waals surface area contributed by atoms with E-state index in [9.17, 15) is 15.3 Å². The van der Waals surface area contributed by atoms with Crippen LogP contribution in [0.25, 0.3) is 0 Å². The van der Waals surface area contributed by atoms with E-state index in [-0.39, 0.29) is 4.77 Å². The third kappa shape index (κ3) is 2.68. The Hall–Kier alpha value is -1.10. The number of rotatable bonds is 3. The van der Waals surface area contributed by atoms with E-state index in [1.807, 2.05) is 0 Å². The Kier molecular flexibility index (Phi) is 4.68. The van der Waals surface area contributed by atoms with Gasteiger partial charge in [-0.2, -0.15) is 4.98 Å². The fourth-order valence-electron chi connectivity index (χ4n) is 2.02. The third-order valence-corrected chi connectivity index (χ3v) is 3.46. The van der Waals surface area contributed by atoms with Gasteiger partial charge in [0.1, 0.15) is 24.4 Å². The number of hydrogen-bond donors (Lipinski definition) is 4. The van der Waals surface area contributed by atoms with Crippen LogP contribution in [0.15, 0.2) is 12.3 Å². The number of methoxy groups -OCH3 is 1. The Bertz CT molecular complexity index is 522. The first-order valence-electron chi connectivity index (χ1n) is 5.93. The summed E-state index contributed by atoms with van der Waals surface area (Å²) in [6.07, 6.45) is -4.85. The fourth-order valence-corrected chi connectivity index (χ4v) is 2.27. The van der Waals surface area contributed by atoms with Gasteiger partial charge in [-0.05, 0) is 12.2 Å². The summed E-state index contributed by atoms with van der Waals surface area (Å²) in [5.41, 5.74) is 0. The first kappa shape index (κ1) is 15.3. The molecule has 0 radical (unpaired) electrons. The molecule has 1 aliphatic rings. The Balaban J connectivity index is 2.33. The van der Waals surface area contributed by atoms with Crippen molar-refractivity contribution < 1.29 is 29.9 Å². The van der Waals surface area contributed by atoms with Crippen molar-refractivity contribution in [1.29, 1.82) is 0 Å². The van der Waals surface area contributed by atoms with Crippen LogP contribution in [0, 0.1) is 4.77 Å². The maximum Gasteiger partial charge on any atom is 0.217 e. The van der Waals surface area contributed by atoms with Gasteiger partial charge in [-0.15, -0.1) is 0 Å². The van der Waals surface area contributed by atoms with E-state index in [2.05, 4.69) is 4.98 Å². The second-order valence-electron chi connectivity index (χ2n) is 4.38. The molecule has 5 unspecified atom stereocenters. The summed E-state index contributed by atoms with van der Waals surface area (Å²) in [5, 5.41) is 38.6. The Morgan fingerprint density at radius 3 is 2.60 bits per heavy atom. The molecule has 1 saturated heterocycles. The van der Waals surface area contributed by atoms with E-state index in [0.29, 0.717) is 5.88 Å². The number of nitrogens with zero attached hydrogens (tertiary/aromatic N) is 2. The van der Waals surface area contributed by atoms with Gasteiger partial charge in [-0.1, -0.05) is 0 Å². The molecule has 8 nitrogen and oxygen atoms in total. The SMILES string of the molecule is COc1ccn(C2OC(CO)C(O)C(O)C2O)c(=S)n1. The standard InChI is InChI=1S/C11H16N2O6S/c1-18-6-2-3-13(11(20)12-6)10-9(17)8(16)7(15)5(4-14)19-10/h2-3,5,7-10,14-17H,4H2,1H3. The van der Waals surface area contributed by atoms with E-state index < -0.39 is 37.3 Å². The van der Waals surface area contributed by atoms with E-state index in [1.54, 1.807) is 0 Å². The number of aliphatic hydroxyl groups excluding tert-OH is 4. The molecule has 1 aliphatic heterocycles. The highest BCUT2D eigenvalue weighted by Crippen LogP contribution is 2.28. The highest BCUT2D eigenvalue weighted by atomic mass is 32.1. The molecule has 0 spiro atoms. The summed E-state index contributed by atoms with van der Waals surface area (Å²) >= 11 is 5.06. The van der Waals surface area contributed by atoms with Crippen LogP contribution in [0.3, 0.4) is 0 Å². The third-order valence-electron chi connectivity index (χ3n) is 3.15. The van der Waals surface area contributed by atoms with E-state index in [0.717, 1.165) is 0 Å². The van der Waals surface area contributed by atoms with Crippen LogP contribution >= 0.6 is 12.2 Å². The monoisotopic (exact) mass is 304 g/mol. The van der Waals surface area contributed by atoms with Gasteiger partial charge in [0.05, 0.1) is 13.7 Å². The molecule has 0 amide bonds. The molecule has 5 atom stereocenters. The molecular weight excluding hydrogens is 288 g/mol. The Labute approximate surface area is 119 Å². The van der Waals surface area contributed by atoms with E-state index in [1.165, 1.54) is 23.9 Å². The lowest BCUT2D eigenvalue weighted by Gasteiger charge is -2.40. The van der Waals surface area contributed by atoms with Crippen LogP contribution < -0.4 is 4.74 Å². The van der Waals surface area contributed by atoms with Crippen molar-refractivity contribution in [3.05, 3.63) is 17.0 Å². The molecule has 0 aliphatic carbocycles. The summed E-state index contributed by atoms with van der Waals surface area (Å²) in [6, 6.07) is 1.51. The highest BCUT2D eigenvalue weighted by Gasteiger charge is 2.44. The molecule has 1 aromatic heterocycles. The minimum Gasteiger partial charge on any atom is -0.481 e. The van der Waals surface area contributed by atoms with Crippen LogP contribution in [0.2, 0.25) is 0 Å². The summed E-state index contributed by atoms with van der Waals surface area (Å²) in [4.78, 5) is 3.95. The van der Waals surface area contributed by atoms with Gasteiger partial charge in [-0.3, -0.25) is 4.57 Å². The topological polar surface area (TPSA) is 117 Å². The van der Waals surface area contributed by atoms with Crippen LogP contribution in [-0.2, 0) is 4.74 Å². The zero-order valence-corrected chi connectivity index (χ0v) is 11.5. The molecule has 0 aromatic carbocycles. The maximum absolute atomic E-state index is 9.98. The minimum absolute atomic E-state index is 0.0775. The van der Waals surface area contributed by atoms with Gasteiger partial charge in [0.2, 0.25) is 10.7 Å². The van der Waals surface area contributed by atoms with Gasteiger partial charge in [-0.25, -0.2) is 0 Å². The molecule has 0 bridgehead atoms. The summed E-state index contributed by atoms with van der Waals surface area (Å²) < 4.78 is 11.7. The van der Waals surface area contributed by atoms with Crippen molar-refractivity contribution in [1.82, 2.24) is 9.55 Å². The number of aromatic nitrogens is 2. The minimum atomic E-state index is -1.46. The molecule has 1 aromatic rings. The van der Waals surface area contributed by atoms with Gasteiger partial charge >= 0.3 is 0 Å². The first-order valence-corrected chi connectivity index (χ1v) is 6.34. The molecule has 112 valence electrons. The van der Waals surface area contributed by atoms with Crippen LogP contribution in [0.5, 0.6) is 5.88 Å². The lowest BCUT2D eigenvalue weighted by Crippen LogP contribution is -2.56. The van der Waals surface area contributed by atoms with Gasteiger partial charge in [0.15, 0.2) is 6.23 Å². The Morgan fingerprint density at radius 2 is 2.05 bits per heavy atom. The molecular formula is C11H16N2O6S. The van der Waals surface area contributed by atoms with E-state index in [4.69, 9.17) is 26.8 Å². The molecule has 1 fully saturated rings. The zero-order chi connectivity index (χ0) is 14.9. The lowest BCUT2D eigenvalue weighted by molar-refractivity contribution is -0.251. The quantitative estimate of drug-likeness (QED) is 0.503. The average Bonchev–Trinajstić information content (AvgIpc) is 2.46. The van der Waals surface area contributed by atoms with Gasteiger partial charge in [0.25, 0.3) is 0 Å². The van der Waals surface area contributed by atoms with Crippen LogP contribution in [-0.4, -0.2) is 68.1 Å². The largest absolute Gasteiger partial charge is 0.481 e. The normalized spacial score (nSPS) is 34.0. The molecule has 2 rings (SSSR count). The second kappa shape index (κ2) is 6.12. The van der Waals surface area contributed by atoms with E-state index >= 15 is 0 Å². The first-order chi connectivity index (χ1) is 9.49. The number of ether oxygens (including phenoxy) is 2. The lowest BCUT2D eigenvalue weighted by atomic mass is 9.98. The molecule has 2 heterocycles. The number of hydrogen-bond acceptors (Lipinski definition) is 8. The molecule has 20 heavy (non-hydrogen) atoms. The molecule has 9 heteroatoms. The fraction of sp³-hybridized carbons (Fsp3) is 0.636. The molecule has 0 saturated carbocycles. The summed E-state index contributed by atoms with van der Waals surface area (Å²) in [6.45, 7) is -0.502. The van der Waals surface area contributed by atoms with Gasteiger partial charge in [0, 0.05) is 12.3 Å². The predicted octanol–water partition coefficient (Wildman–Crippen LogP) is -1.41. The maximum atomic E-state index is 9.98. The summed E-state index contributed by atoms with van der Waals surface area (Å²) in [7, 11) is 1.44. The van der Waals surface area contributed by atoms with Crippen molar-refractivity contribution in [2.75, 3.05) is 13.7 Å². The van der Waals surface area contributed by atoms with Crippen molar-refractivity contribution in [2.24, 2.45) is 0 Å². The number of aliphatic hydroxyl groups is 4. The van der Waals surface area contributed by atoms with Crippen LogP contribution in [0.1, 0.15) is 6.23 Å². The Morgan fingerprint density at radius 1 is 1.35 bits per heavy atom. The zero-order valence-electron chi connectivity index (χ0n) is 10.7. The highest BCUT2D eigenvalue weighted by molar-refractivity contribution is 7.71. The second-order valence-corrected chi connectivity index (χ2v) is 4.74. The average molecular weight is 304 g/mol. The van der Waals surface area contributed by atoms with Crippen LogP contribution in [0.4, 0.5) is 0 Å². The smallest absolute Gasteiger partial charge is 0.217 e.